The molecule has 0 fully saturated rings. The van der Waals surface area contributed by atoms with Crippen molar-refractivity contribution in [2.45, 2.75) is 12.2 Å². The van der Waals surface area contributed by atoms with E-state index >= 15 is 0 Å². The summed E-state index contributed by atoms with van der Waals surface area (Å²) in [4.78, 5) is 14.5. The van der Waals surface area contributed by atoms with Crippen LogP contribution in [0, 0.1) is 5.95 Å². The lowest BCUT2D eigenvalue weighted by atomic mass is 10.1. The van der Waals surface area contributed by atoms with Crippen molar-refractivity contribution in [2.75, 3.05) is 12.4 Å². The number of methoxy groups -OCH3 is 1. The van der Waals surface area contributed by atoms with Crippen molar-refractivity contribution in [2.24, 2.45) is 0 Å². The molecule has 0 amide bonds. The van der Waals surface area contributed by atoms with E-state index in [1.54, 1.807) is 0 Å². The van der Waals surface area contributed by atoms with Gasteiger partial charge in [0.25, 0.3) is 0 Å². The molecule has 1 aromatic rings. The van der Waals surface area contributed by atoms with E-state index in [0.29, 0.717) is 0 Å². The fourth-order valence-corrected chi connectivity index (χ4v) is 1.54. The number of hydrogen-bond donors (Lipinski definition) is 2. The zero-order chi connectivity index (χ0) is 13.0. The number of alkyl halides is 1. The van der Waals surface area contributed by atoms with E-state index in [1.807, 2.05) is 0 Å². The highest BCUT2D eigenvalue weighted by Crippen LogP contribution is 2.20. The number of pyridine rings is 1. The Labute approximate surface area is 105 Å². The van der Waals surface area contributed by atoms with Crippen molar-refractivity contribution in [1.29, 1.82) is 0 Å². The quantitative estimate of drug-likeness (QED) is 0.488. The van der Waals surface area contributed by atoms with E-state index in [-0.39, 0.29) is 16.5 Å². The Balaban J connectivity index is 3.08. The number of carbonyl (C=O) groups excluding carboxylic acids is 1. The van der Waals surface area contributed by atoms with Crippen molar-refractivity contribution in [3.05, 3.63) is 29.3 Å². The molecule has 1 heterocycles. The van der Waals surface area contributed by atoms with Crippen LogP contribution in [-0.4, -0.2) is 39.7 Å². The van der Waals surface area contributed by atoms with Crippen molar-refractivity contribution in [1.82, 2.24) is 4.98 Å². The van der Waals surface area contributed by atoms with E-state index in [1.165, 1.54) is 0 Å². The molecule has 2 unspecified atom stereocenters. The Hall–Kier alpha value is -1.05. The number of esters is 1. The number of rotatable bonds is 4. The highest BCUT2D eigenvalue weighted by Gasteiger charge is 2.21. The average Bonchev–Trinajstić information content (AvgIpc) is 2.36. The molecule has 0 aromatic carbocycles. The second-order valence-corrected chi connectivity index (χ2v) is 3.91. The predicted molar refractivity (Wildman–Crippen MR) is 60.3 cm³/mol. The first-order valence-corrected chi connectivity index (χ1v) is 5.79. The summed E-state index contributed by atoms with van der Waals surface area (Å²) in [5.41, 5.74) is -0.246. The van der Waals surface area contributed by atoms with Gasteiger partial charge in [0.1, 0.15) is 11.7 Å². The minimum Gasteiger partial charge on any atom is -0.465 e. The molecule has 2 atom stereocenters. The van der Waals surface area contributed by atoms with Gasteiger partial charge >= 0.3 is 5.97 Å². The number of nitrogens with zero attached hydrogens (tertiary/aromatic N) is 1. The van der Waals surface area contributed by atoms with Crippen molar-refractivity contribution in [3.63, 3.8) is 0 Å². The first-order valence-electron chi connectivity index (χ1n) is 4.67. The number of aliphatic hydroxyl groups excluding tert-OH is 2. The minimum absolute atomic E-state index is 0.138. The van der Waals surface area contributed by atoms with Crippen LogP contribution in [0.15, 0.2) is 12.3 Å². The Bertz CT molecular complexity index is 415. The van der Waals surface area contributed by atoms with E-state index in [4.69, 9.17) is 0 Å². The number of aliphatic hydroxyl groups is 2. The van der Waals surface area contributed by atoms with Crippen LogP contribution in [0.3, 0.4) is 0 Å². The topological polar surface area (TPSA) is 79.7 Å². The van der Waals surface area contributed by atoms with E-state index < -0.39 is 24.1 Å². The van der Waals surface area contributed by atoms with Crippen LogP contribution in [0.25, 0.3) is 0 Å². The Kier molecular flexibility index (Phi) is 4.98. The van der Waals surface area contributed by atoms with Crippen LogP contribution in [0.5, 0.6) is 0 Å². The van der Waals surface area contributed by atoms with Crippen molar-refractivity contribution in [3.8, 4) is 0 Å². The summed E-state index contributed by atoms with van der Waals surface area (Å²) in [6, 6.07) is 1.10. The molecular formula is C10H11BrFNO4. The van der Waals surface area contributed by atoms with Gasteiger partial charge in [-0.15, -0.1) is 0 Å². The van der Waals surface area contributed by atoms with Crippen LogP contribution in [0.1, 0.15) is 22.0 Å². The number of hydrogen-bond acceptors (Lipinski definition) is 5. The molecule has 0 aliphatic carbocycles. The maximum Gasteiger partial charge on any atom is 0.342 e. The monoisotopic (exact) mass is 307 g/mol. The molecular weight excluding hydrogens is 297 g/mol. The third-order valence-corrected chi connectivity index (χ3v) is 2.79. The molecule has 0 radical (unpaired) electrons. The molecule has 0 spiro atoms. The lowest BCUT2D eigenvalue weighted by Gasteiger charge is -2.16. The van der Waals surface area contributed by atoms with E-state index in [0.717, 1.165) is 19.4 Å². The fourth-order valence-electron chi connectivity index (χ4n) is 1.19. The predicted octanol–water partition coefficient (Wildman–Crippen LogP) is 0.796. The molecule has 0 saturated carbocycles. The van der Waals surface area contributed by atoms with Crippen LogP contribution < -0.4 is 0 Å². The molecule has 0 bridgehead atoms. The molecule has 5 nitrogen and oxygen atoms in total. The smallest absolute Gasteiger partial charge is 0.342 e. The lowest BCUT2D eigenvalue weighted by molar-refractivity contribution is 0.0337. The van der Waals surface area contributed by atoms with Crippen molar-refractivity contribution >= 4 is 21.9 Å². The molecule has 0 aliphatic rings. The van der Waals surface area contributed by atoms with Gasteiger partial charge in [-0.2, -0.15) is 4.39 Å². The standard InChI is InChI=1S/C10H11BrFNO4/c1-17-10(16)6-2-5(4-13-9(6)12)8(15)7(14)3-11/h2,4,7-8,14-15H,3H2,1H3. The Morgan fingerprint density at radius 2 is 2.29 bits per heavy atom. The van der Waals surface area contributed by atoms with E-state index in [9.17, 15) is 19.4 Å². The largest absolute Gasteiger partial charge is 0.465 e. The Morgan fingerprint density at radius 3 is 2.82 bits per heavy atom. The summed E-state index contributed by atoms with van der Waals surface area (Å²) in [5.74, 6) is -1.88. The van der Waals surface area contributed by atoms with Crippen LogP contribution >= 0.6 is 15.9 Å². The third-order valence-electron chi connectivity index (χ3n) is 2.13. The van der Waals surface area contributed by atoms with Gasteiger partial charge in [0.05, 0.1) is 13.2 Å². The third kappa shape index (κ3) is 3.21. The normalized spacial score (nSPS) is 14.2. The molecule has 2 N–H and O–H groups in total. The molecule has 0 aliphatic heterocycles. The number of halogens is 2. The molecule has 7 heteroatoms. The van der Waals surface area contributed by atoms with Gasteiger partial charge in [-0.3, -0.25) is 0 Å². The fraction of sp³-hybridized carbons (Fsp3) is 0.400. The van der Waals surface area contributed by atoms with Gasteiger partial charge in [-0.05, 0) is 6.07 Å². The van der Waals surface area contributed by atoms with Gasteiger partial charge < -0.3 is 14.9 Å². The van der Waals surface area contributed by atoms with Gasteiger partial charge in [-0.1, -0.05) is 15.9 Å². The molecule has 94 valence electrons. The van der Waals surface area contributed by atoms with Gasteiger partial charge in [-0.25, -0.2) is 9.78 Å². The highest BCUT2D eigenvalue weighted by atomic mass is 79.9. The first kappa shape index (κ1) is 14.0. The molecule has 17 heavy (non-hydrogen) atoms. The maximum absolute atomic E-state index is 13.2. The van der Waals surface area contributed by atoms with Gasteiger partial charge in [0, 0.05) is 17.1 Å². The summed E-state index contributed by atoms with van der Waals surface area (Å²) in [6.07, 6.45) is -1.28. The van der Waals surface area contributed by atoms with Crippen molar-refractivity contribution < 1.29 is 24.1 Å². The average molecular weight is 308 g/mol. The number of carbonyl (C=O) groups is 1. The highest BCUT2D eigenvalue weighted by molar-refractivity contribution is 9.09. The summed E-state index contributed by atoms with van der Waals surface area (Å²) in [6.45, 7) is 0. The van der Waals surface area contributed by atoms with Crippen LogP contribution in [0.4, 0.5) is 4.39 Å². The second kappa shape index (κ2) is 6.04. The second-order valence-electron chi connectivity index (χ2n) is 3.27. The first-order chi connectivity index (χ1) is 8.01. The van der Waals surface area contributed by atoms with Crippen LogP contribution in [-0.2, 0) is 4.74 Å². The zero-order valence-corrected chi connectivity index (χ0v) is 10.5. The maximum atomic E-state index is 13.2. The number of ether oxygens (including phenoxy) is 1. The number of aromatic nitrogens is 1. The Morgan fingerprint density at radius 1 is 1.65 bits per heavy atom. The van der Waals surface area contributed by atoms with Crippen LogP contribution in [0.2, 0.25) is 0 Å². The molecule has 1 aromatic heterocycles. The summed E-state index contributed by atoms with van der Waals surface area (Å²) >= 11 is 2.99. The van der Waals surface area contributed by atoms with E-state index in [2.05, 4.69) is 25.7 Å². The van der Waals surface area contributed by atoms with Gasteiger partial charge in [0.15, 0.2) is 0 Å². The minimum atomic E-state index is -1.26. The zero-order valence-electron chi connectivity index (χ0n) is 8.93. The SMILES string of the molecule is COC(=O)c1cc(C(O)C(O)CBr)cnc1F. The summed E-state index contributed by atoms with van der Waals surface area (Å²) < 4.78 is 17.6. The summed E-state index contributed by atoms with van der Waals surface area (Å²) in [7, 11) is 1.11. The van der Waals surface area contributed by atoms with Gasteiger partial charge in [0.2, 0.25) is 5.95 Å². The molecule has 1 rings (SSSR count). The lowest BCUT2D eigenvalue weighted by Crippen LogP contribution is -2.20. The molecule has 0 saturated heterocycles. The summed E-state index contributed by atoms with van der Waals surface area (Å²) in [5, 5.41) is 19.2.